The molecular weight excluding hydrogens is 192 g/mol. The Morgan fingerprint density at radius 2 is 2.21 bits per heavy atom. The molecule has 0 saturated carbocycles. The van der Waals surface area contributed by atoms with E-state index in [-0.39, 0.29) is 6.04 Å². The monoisotopic (exact) mass is 212 g/mol. The van der Waals surface area contributed by atoms with Crippen LogP contribution in [0.2, 0.25) is 0 Å². The molecule has 1 aromatic heterocycles. The highest BCUT2D eigenvalue weighted by Crippen LogP contribution is 2.20. The maximum Gasteiger partial charge on any atom is 0.0928 e. The van der Waals surface area contributed by atoms with Gasteiger partial charge in [-0.2, -0.15) is 0 Å². The first-order chi connectivity index (χ1) is 6.77. The third kappa shape index (κ3) is 3.39. The Balaban J connectivity index is 2.48. The summed E-state index contributed by atoms with van der Waals surface area (Å²) in [4.78, 5) is 4.55. The number of unbranched alkanes of at least 4 members (excludes halogenated alkanes) is 1. The summed E-state index contributed by atoms with van der Waals surface area (Å²) in [6.45, 7) is 4.37. The molecule has 0 saturated heterocycles. The van der Waals surface area contributed by atoms with E-state index in [2.05, 4.69) is 24.2 Å². The van der Waals surface area contributed by atoms with Crippen molar-refractivity contribution in [2.75, 3.05) is 0 Å². The van der Waals surface area contributed by atoms with Gasteiger partial charge in [-0.1, -0.05) is 26.7 Å². The summed E-state index contributed by atoms with van der Waals surface area (Å²) < 4.78 is 0. The molecule has 1 rings (SSSR count). The standard InChI is InChI=1S/C11H20N2S/c1-3-5-7-9(12)10-8-14-11(13-10)6-4-2/h8-9H,3-7,12H2,1-2H3. The number of aromatic nitrogens is 1. The summed E-state index contributed by atoms with van der Waals surface area (Å²) in [5.41, 5.74) is 7.12. The molecule has 80 valence electrons. The van der Waals surface area contributed by atoms with Crippen LogP contribution in [0.1, 0.15) is 56.3 Å². The molecule has 2 N–H and O–H groups in total. The number of nitrogens with two attached hydrogens (primary N) is 1. The van der Waals surface area contributed by atoms with E-state index in [1.54, 1.807) is 11.3 Å². The highest BCUT2D eigenvalue weighted by molar-refractivity contribution is 7.09. The lowest BCUT2D eigenvalue weighted by Crippen LogP contribution is -2.10. The largest absolute Gasteiger partial charge is 0.323 e. The van der Waals surface area contributed by atoms with Gasteiger partial charge in [0, 0.05) is 11.4 Å². The van der Waals surface area contributed by atoms with Gasteiger partial charge in [0.15, 0.2) is 0 Å². The second kappa shape index (κ2) is 6.14. The molecule has 1 unspecified atom stereocenters. The van der Waals surface area contributed by atoms with Crippen molar-refractivity contribution in [3.05, 3.63) is 16.1 Å². The highest BCUT2D eigenvalue weighted by atomic mass is 32.1. The van der Waals surface area contributed by atoms with E-state index in [1.807, 2.05) is 0 Å². The Labute approximate surface area is 90.6 Å². The Bertz CT molecular complexity index is 258. The fourth-order valence-electron chi connectivity index (χ4n) is 1.40. The lowest BCUT2D eigenvalue weighted by Gasteiger charge is -2.06. The van der Waals surface area contributed by atoms with Crippen molar-refractivity contribution in [1.29, 1.82) is 0 Å². The van der Waals surface area contributed by atoms with Gasteiger partial charge < -0.3 is 5.73 Å². The quantitative estimate of drug-likeness (QED) is 0.786. The summed E-state index contributed by atoms with van der Waals surface area (Å²) in [5, 5.41) is 3.35. The first kappa shape index (κ1) is 11.7. The maximum absolute atomic E-state index is 6.03. The fraction of sp³-hybridized carbons (Fsp3) is 0.727. The number of hydrogen-bond acceptors (Lipinski definition) is 3. The van der Waals surface area contributed by atoms with E-state index < -0.39 is 0 Å². The van der Waals surface area contributed by atoms with Crippen molar-refractivity contribution in [3.8, 4) is 0 Å². The molecule has 2 nitrogen and oxygen atoms in total. The first-order valence-corrected chi connectivity index (χ1v) is 6.35. The molecule has 0 aliphatic carbocycles. The summed E-state index contributed by atoms with van der Waals surface area (Å²) in [5.74, 6) is 0. The lowest BCUT2D eigenvalue weighted by atomic mass is 10.1. The second-order valence-electron chi connectivity index (χ2n) is 3.66. The van der Waals surface area contributed by atoms with Crippen molar-refractivity contribution in [1.82, 2.24) is 4.98 Å². The molecule has 0 aliphatic heterocycles. The van der Waals surface area contributed by atoms with Crippen molar-refractivity contribution in [2.45, 2.75) is 52.0 Å². The van der Waals surface area contributed by atoms with Gasteiger partial charge in [0.05, 0.1) is 10.7 Å². The van der Waals surface area contributed by atoms with Crippen LogP contribution in [0, 0.1) is 0 Å². The average Bonchev–Trinajstić information content (AvgIpc) is 2.63. The van der Waals surface area contributed by atoms with Crippen LogP contribution >= 0.6 is 11.3 Å². The van der Waals surface area contributed by atoms with Crippen LogP contribution < -0.4 is 5.73 Å². The van der Waals surface area contributed by atoms with Gasteiger partial charge in [0.2, 0.25) is 0 Å². The van der Waals surface area contributed by atoms with Crippen LogP contribution in [0.25, 0.3) is 0 Å². The number of aryl methyl sites for hydroxylation is 1. The highest BCUT2D eigenvalue weighted by Gasteiger charge is 2.09. The molecule has 0 aromatic carbocycles. The van der Waals surface area contributed by atoms with Crippen LogP contribution in [-0.2, 0) is 6.42 Å². The van der Waals surface area contributed by atoms with Gasteiger partial charge in [-0.15, -0.1) is 11.3 Å². The molecule has 14 heavy (non-hydrogen) atoms. The molecule has 0 fully saturated rings. The fourth-order valence-corrected chi connectivity index (χ4v) is 2.36. The van der Waals surface area contributed by atoms with Crippen molar-refractivity contribution in [2.24, 2.45) is 5.73 Å². The van der Waals surface area contributed by atoms with Gasteiger partial charge in [-0.05, 0) is 19.3 Å². The molecule has 1 aromatic rings. The van der Waals surface area contributed by atoms with E-state index >= 15 is 0 Å². The summed E-state index contributed by atoms with van der Waals surface area (Å²) in [6, 6.07) is 0.150. The zero-order valence-electron chi connectivity index (χ0n) is 9.12. The van der Waals surface area contributed by atoms with Crippen LogP contribution in [0.15, 0.2) is 5.38 Å². The molecule has 0 spiro atoms. The molecule has 1 atom stereocenters. The third-order valence-corrected chi connectivity index (χ3v) is 3.21. The maximum atomic E-state index is 6.03. The number of hydrogen-bond donors (Lipinski definition) is 1. The Morgan fingerprint density at radius 3 is 2.86 bits per heavy atom. The Kier molecular flexibility index (Phi) is 5.12. The van der Waals surface area contributed by atoms with E-state index in [1.165, 1.54) is 17.8 Å². The predicted octanol–water partition coefficient (Wildman–Crippen LogP) is 3.29. The minimum Gasteiger partial charge on any atom is -0.323 e. The predicted molar refractivity (Wildman–Crippen MR) is 62.6 cm³/mol. The van der Waals surface area contributed by atoms with E-state index in [9.17, 15) is 0 Å². The van der Waals surface area contributed by atoms with E-state index in [0.29, 0.717) is 0 Å². The topological polar surface area (TPSA) is 38.9 Å². The van der Waals surface area contributed by atoms with Crippen molar-refractivity contribution >= 4 is 11.3 Å². The molecular formula is C11H20N2S. The molecule has 3 heteroatoms. The smallest absolute Gasteiger partial charge is 0.0928 e. The zero-order valence-corrected chi connectivity index (χ0v) is 9.94. The number of thiazole rings is 1. The van der Waals surface area contributed by atoms with Gasteiger partial charge in [0.25, 0.3) is 0 Å². The normalized spacial score (nSPS) is 13.1. The summed E-state index contributed by atoms with van der Waals surface area (Å²) >= 11 is 1.74. The van der Waals surface area contributed by atoms with Gasteiger partial charge >= 0.3 is 0 Å². The second-order valence-corrected chi connectivity index (χ2v) is 4.61. The number of nitrogens with zero attached hydrogens (tertiary/aromatic N) is 1. The van der Waals surface area contributed by atoms with Crippen LogP contribution in [-0.4, -0.2) is 4.98 Å². The van der Waals surface area contributed by atoms with Crippen molar-refractivity contribution < 1.29 is 0 Å². The average molecular weight is 212 g/mol. The molecule has 1 heterocycles. The summed E-state index contributed by atoms with van der Waals surface area (Å²) in [6.07, 6.45) is 5.72. The lowest BCUT2D eigenvalue weighted by molar-refractivity contribution is 0.591. The van der Waals surface area contributed by atoms with Crippen molar-refractivity contribution in [3.63, 3.8) is 0 Å². The number of rotatable bonds is 6. The zero-order chi connectivity index (χ0) is 10.4. The van der Waals surface area contributed by atoms with E-state index in [0.717, 1.165) is 25.0 Å². The summed E-state index contributed by atoms with van der Waals surface area (Å²) in [7, 11) is 0. The molecule has 0 radical (unpaired) electrons. The van der Waals surface area contributed by atoms with Gasteiger partial charge in [-0.3, -0.25) is 0 Å². The molecule has 0 bridgehead atoms. The Hall–Kier alpha value is -0.410. The van der Waals surface area contributed by atoms with Gasteiger partial charge in [-0.25, -0.2) is 4.98 Å². The van der Waals surface area contributed by atoms with Crippen LogP contribution in [0.5, 0.6) is 0 Å². The molecule has 0 amide bonds. The minimum absolute atomic E-state index is 0.150. The van der Waals surface area contributed by atoms with Gasteiger partial charge in [0.1, 0.15) is 0 Å². The minimum atomic E-state index is 0.150. The molecule has 0 aliphatic rings. The SMILES string of the molecule is CCCCC(N)c1csc(CCC)n1. The van der Waals surface area contributed by atoms with Crippen LogP contribution in [0.3, 0.4) is 0 Å². The third-order valence-electron chi connectivity index (χ3n) is 2.28. The van der Waals surface area contributed by atoms with Crippen LogP contribution in [0.4, 0.5) is 0 Å². The first-order valence-electron chi connectivity index (χ1n) is 5.47. The van der Waals surface area contributed by atoms with E-state index in [4.69, 9.17) is 5.73 Å². The Morgan fingerprint density at radius 1 is 1.43 bits per heavy atom.